The lowest BCUT2D eigenvalue weighted by atomic mass is 10.0. The van der Waals surface area contributed by atoms with Crippen LogP contribution >= 0.6 is 0 Å². The largest absolute Gasteiger partial charge is 0.466 e. The second-order valence-electron chi connectivity index (χ2n) is 2.79. The predicted octanol–water partition coefficient (Wildman–Crippen LogP) is 2.54. The molecular weight excluding hydrogens is 152 g/mol. The standard InChI is InChI=1S/C10H18O2/c1-4-7-9(5-2)8-10(11)12-6-3/h5,9H,2,4,6-8H2,1,3H3. The summed E-state index contributed by atoms with van der Waals surface area (Å²) in [5, 5.41) is 0. The van der Waals surface area contributed by atoms with Crippen molar-refractivity contribution in [1.29, 1.82) is 0 Å². The molecule has 1 unspecified atom stereocenters. The fraction of sp³-hybridized carbons (Fsp3) is 0.700. The smallest absolute Gasteiger partial charge is 0.306 e. The molecule has 0 aromatic heterocycles. The Balaban J connectivity index is 3.68. The highest BCUT2D eigenvalue weighted by Crippen LogP contribution is 2.12. The van der Waals surface area contributed by atoms with Crippen LogP contribution < -0.4 is 0 Å². The number of hydrogen-bond acceptors (Lipinski definition) is 2. The lowest BCUT2D eigenvalue weighted by molar-refractivity contribution is -0.143. The molecule has 0 aromatic carbocycles. The van der Waals surface area contributed by atoms with Crippen molar-refractivity contribution >= 4 is 5.97 Å². The average molecular weight is 170 g/mol. The predicted molar refractivity (Wildman–Crippen MR) is 49.8 cm³/mol. The summed E-state index contributed by atoms with van der Waals surface area (Å²) in [5.41, 5.74) is 0. The summed E-state index contributed by atoms with van der Waals surface area (Å²) in [6.07, 6.45) is 4.41. The lowest BCUT2D eigenvalue weighted by Gasteiger charge is -2.09. The maximum atomic E-state index is 11.0. The molecule has 0 amide bonds. The maximum absolute atomic E-state index is 11.0. The van der Waals surface area contributed by atoms with Crippen LogP contribution in [0.3, 0.4) is 0 Å². The van der Waals surface area contributed by atoms with Crippen molar-refractivity contribution in [3.05, 3.63) is 12.7 Å². The van der Waals surface area contributed by atoms with E-state index in [0.29, 0.717) is 13.0 Å². The highest BCUT2D eigenvalue weighted by Gasteiger charge is 2.09. The molecule has 0 heterocycles. The Morgan fingerprint density at radius 2 is 2.25 bits per heavy atom. The Morgan fingerprint density at radius 3 is 2.67 bits per heavy atom. The number of carbonyl (C=O) groups is 1. The molecule has 0 aliphatic rings. The van der Waals surface area contributed by atoms with Crippen LogP contribution in [-0.4, -0.2) is 12.6 Å². The van der Waals surface area contributed by atoms with Crippen LogP contribution in [0.5, 0.6) is 0 Å². The Labute approximate surface area is 74.6 Å². The zero-order chi connectivity index (χ0) is 9.40. The molecule has 0 saturated carbocycles. The van der Waals surface area contributed by atoms with Crippen LogP contribution in [0.25, 0.3) is 0 Å². The Kier molecular flexibility index (Phi) is 6.44. The molecule has 0 N–H and O–H groups in total. The molecule has 0 rings (SSSR count). The van der Waals surface area contributed by atoms with Gasteiger partial charge in [0.25, 0.3) is 0 Å². The Morgan fingerprint density at radius 1 is 1.58 bits per heavy atom. The van der Waals surface area contributed by atoms with Crippen LogP contribution in [0.1, 0.15) is 33.1 Å². The van der Waals surface area contributed by atoms with Gasteiger partial charge in [0.05, 0.1) is 13.0 Å². The molecule has 70 valence electrons. The zero-order valence-electron chi connectivity index (χ0n) is 8.01. The van der Waals surface area contributed by atoms with Crippen molar-refractivity contribution in [2.75, 3.05) is 6.61 Å². The molecule has 0 aromatic rings. The van der Waals surface area contributed by atoms with Crippen LogP contribution in [0.2, 0.25) is 0 Å². The molecule has 0 bridgehead atoms. The van der Waals surface area contributed by atoms with Crippen molar-refractivity contribution in [3.63, 3.8) is 0 Å². The van der Waals surface area contributed by atoms with E-state index in [-0.39, 0.29) is 11.9 Å². The van der Waals surface area contributed by atoms with Crippen LogP contribution in [0, 0.1) is 5.92 Å². The molecule has 0 aliphatic heterocycles. The van der Waals surface area contributed by atoms with E-state index in [0.717, 1.165) is 12.8 Å². The summed E-state index contributed by atoms with van der Waals surface area (Å²) >= 11 is 0. The van der Waals surface area contributed by atoms with Crippen molar-refractivity contribution in [2.24, 2.45) is 5.92 Å². The minimum atomic E-state index is -0.115. The van der Waals surface area contributed by atoms with Gasteiger partial charge in [0.2, 0.25) is 0 Å². The first-order chi connectivity index (χ1) is 5.74. The monoisotopic (exact) mass is 170 g/mol. The average Bonchev–Trinajstić information content (AvgIpc) is 2.04. The van der Waals surface area contributed by atoms with Crippen molar-refractivity contribution < 1.29 is 9.53 Å². The number of rotatable bonds is 6. The maximum Gasteiger partial charge on any atom is 0.306 e. The summed E-state index contributed by atoms with van der Waals surface area (Å²) in [6.45, 7) is 8.07. The summed E-state index contributed by atoms with van der Waals surface area (Å²) in [4.78, 5) is 11.0. The lowest BCUT2D eigenvalue weighted by Crippen LogP contribution is -2.09. The molecule has 2 heteroatoms. The number of hydrogen-bond donors (Lipinski definition) is 0. The number of carbonyl (C=O) groups excluding carboxylic acids is 1. The van der Waals surface area contributed by atoms with E-state index in [1.165, 1.54) is 0 Å². The fourth-order valence-electron chi connectivity index (χ4n) is 1.11. The van der Waals surface area contributed by atoms with E-state index in [9.17, 15) is 4.79 Å². The first-order valence-electron chi connectivity index (χ1n) is 4.52. The summed E-state index contributed by atoms with van der Waals surface area (Å²) in [6, 6.07) is 0. The number of esters is 1. The van der Waals surface area contributed by atoms with Gasteiger partial charge < -0.3 is 4.74 Å². The van der Waals surface area contributed by atoms with Crippen LogP contribution in [-0.2, 0) is 9.53 Å². The minimum Gasteiger partial charge on any atom is -0.466 e. The summed E-state index contributed by atoms with van der Waals surface area (Å²) < 4.78 is 4.83. The van der Waals surface area contributed by atoms with Gasteiger partial charge in [0, 0.05) is 0 Å². The topological polar surface area (TPSA) is 26.3 Å². The van der Waals surface area contributed by atoms with E-state index < -0.39 is 0 Å². The molecule has 0 saturated heterocycles. The van der Waals surface area contributed by atoms with Crippen molar-refractivity contribution in [3.8, 4) is 0 Å². The highest BCUT2D eigenvalue weighted by atomic mass is 16.5. The molecule has 1 atom stereocenters. The molecule has 12 heavy (non-hydrogen) atoms. The second-order valence-corrected chi connectivity index (χ2v) is 2.79. The van der Waals surface area contributed by atoms with Gasteiger partial charge in [-0.2, -0.15) is 0 Å². The van der Waals surface area contributed by atoms with Gasteiger partial charge in [-0.05, 0) is 19.3 Å². The van der Waals surface area contributed by atoms with Crippen molar-refractivity contribution in [1.82, 2.24) is 0 Å². The molecule has 0 fully saturated rings. The number of ether oxygens (including phenoxy) is 1. The van der Waals surface area contributed by atoms with Gasteiger partial charge in [-0.25, -0.2) is 0 Å². The van der Waals surface area contributed by atoms with E-state index in [1.54, 1.807) is 0 Å². The minimum absolute atomic E-state index is 0.115. The fourth-order valence-corrected chi connectivity index (χ4v) is 1.11. The molecule has 2 nitrogen and oxygen atoms in total. The zero-order valence-corrected chi connectivity index (χ0v) is 8.01. The normalized spacial score (nSPS) is 12.2. The Hall–Kier alpha value is -0.790. The van der Waals surface area contributed by atoms with Gasteiger partial charge in [-0.15, -0.1) is 6.58 Å². The SMILES string of the molecule is C=CC(CCC)CC(=O)OCC. The highest BCUT2D eigenvalue weighted by molar-refractivity contribution is 5.69. The van der Waals surface area contributed by atoms with Crippen LogP contribution in [0.4, 0.5) is 0 Å². The van der Waals surface area contributed by atoms with E-state index >= 15 is 0 Å². The van der Waals surface area contributed by atoms with Gasteiger partial charge in [-0.1, -0.05) is 19.4 Å². The number of allylic oxidation sites excluding steroid dienone is 1. The third kappa shape index (κ3) is 4.94. The quantitative estimate of drug-likeness (QED) is 0.452. The van der Waals surface area contributed by atoms with Gasteiger partial charge in [0.15, 0.2) is 0 Å². The summed E-state index contributed by atoms with van der Waals surface area (Å²) in [5.74, 6) is 0.171. The van der Waals surface area contributed by atoms with Gasteiger partial charge in [0.1, 0.15) is 0 Å². The first-order valence-corrected chi connectivity index (χ1v) is 4.52. The van der Waals surface area contributed by atoms with Crippen LogP contribution in [0.15, 0.2) is 12.7 Å². The second kappa shape index (κ2) is 6.89. The Bertz CT molecular complexity index is 141. The van der Waals surface area contributed by atoms with Crippen molar-refractivity contribution in [2.45, 2.75) is 33.1 Å². The third-order valence-electron chi connectivity index (χ3n) is 1.73. The van der Waals surface area contributed by atoms with E-state index in [2.05, 4.69) is 13.5 Å². The van der Waals surface area contributed by atoms with Gasteiger partial charge in [-0.3, -0.25) is 4.79 Å². The third-order valence-corrected chi connectivity index (χ3v) is 1.73. The molecule has 0 radical (unpaired) electrons. The molecular formula is C10H18O2. The summed E-state index contributed by atoms with van der Waals surface area (Å²) in [7, 11) is 0. The first kappa shape index (κ1) is 11.2. The van der Waals surface area contributed by atoms with Gasteiger partial charge >= 0.3 is 5.97 Å². The molecule has 0 aliphatic carbocycles. The van der Waals surface area contributed by atoms with E-state index in [1.807, 2.05) is 13.0 Å². The molecule has 0 spiro atoms. The van der Waals surface area contributed by atoms with E-state index in [4.69, 9.17) is 4.74 Å².